The van der Waals surface area contributed by atoms with Crippen molar-refractivity contribution in [3.05, 3.63) is 88.4 Å². The number of benzene rings is 3. The number of hydrogen-bond acceptors (Lipinski definition) is 5. The number of nitrogens with one attached hydrogen (secondary N) is 1. The van der Waals surface area contributed by atoms with E-state index in [1.54, 1.807) is 42.5 Å². The number of hydrogen-bond donors (Lipinski definition) is 1. The van der Waals surface area contributed by atoms with E-state index < -0.39 is 28.5 Å². The first-order chi connectivity index (χ1) is 19.5. The standard InChI is InChI=1S/C30H35Cl2N3O5S/c1-5-21(3)33-30(37)27(6-2)34(19-22-12-14-23(31)15-13-22)29(36)20-35(24-16-17-28(40-4)26(32)18-24)41(38,39)25-10-8-7-9-11-25/h7-18,21,27H,5-6,19-20H2,1-4H3,(H,33,37). The van der Waals surface area contributed by atoms with E-state index in [-0.39, 0.29) is 34.1 Å². The number of amides is 2. The van der Waals surface area contributed by atoms with Crippen molar-refractivity contribution in [2.45, 2.75) is 57.1 Å². The summed E-state index contributed by atoms with van der Waals surface area (Å²) in [6, 6.07) is 18.3. The number of methoxy groups -OCH3 is 1. The van der Waals surface area contributed by atoms with Crippen molar-refractivity contribution in [1.29, 1.82) is 0 Å². The third kappa shape index (κ3) is 8.15. The normalized spacial score (nSPS) is 12.7. The SMILES string of the molecule is CCC(C)NC(=O)C(CC)N(Cc1ccc(Cl)cc1)C(=O)CN(c1ccc(OC)c(Cl)c1)S(=O)(=O)c1ccccc1. The lowest BCUT2D eigenvalue weighted by Gasteiger charge is -2.33. The minimum Gasteiger partial charge on any atom is -0.495 e. The molecule has 0 heterocycles. The van der Waals surface area contributed by atoms with E-state index in [0.717, 1.165) is 9.87 Å². The summed E-state index contributed by atoms with van der Waals surface area (Å²) < 4.78 is 34.0. The maximum Gasteiger partial charge on any atom is 0.264 e. The third-order valence-electron chi connectivity index (χ3n) is 6.69. The second kappa shape index (κ2) is 14.6. The molecule has 0 saturated carbocycles. The van der Waals surface area contributed by atoms with Crippen molar-refractivity contribution in [2.24, 2.45) is 0 Å². The van der Waals surface area contributed by atoms with E-state index in [1.165, 1.54) is 42.3 Å². The largest absolute Gasteiger partial charge is 0.495 e. The molecule has 0 fully saturated rings. The number of anilines is 1. The van der Waals surface area contributed by atoms with Crippen molar-refractivity contribution < 1.29 is 22.7 Å². The van der Waals surface area contributed by atoms with Crippen LogP contribution in [0.15, 0.2) is 77.7 Å². The topological polar surface area (TPSA) is 96.0 Å². The summed E-state index contributed by atoms with van der Waals surface area (Å²) in [4.78, 5) is 28.9. The molecule has 2 unspecified atom stereocenters. The molecule has 3 aromatic rings. The Bertz CT molecular complexity index is 1440. The van der Waals surface area contributed by atoms with Gasteiger partial charge in [0.2, 0.25) is 11.8 Å². The summed E-state index contributed by atoms with van der Waals surface area (Å²) in [6.45, 7) is 5.16. The summed E-state index contributed by atoms with van der Waals surface area (Å²) >= 11 is 12.4. The molecule has 8 nitrogen and oxygen atoms in total. The van der Waals surface area contributed by atoms with E-state index in [9.17, 15) is 18.0 Å². The fourth-order valence-electron chi connectivity index (χ4n) is 4.21. The van der Waals surface area contributed by atoms with Gasteiger partial charge in [0.05, 0.1) is 22.7 Å². The summed E-state index contributed by atoms with van der Waals surface area (Å²) in [5.41, 5.74) is 0.916. The van der Waals surface area contributed by atoms with Gasteiger partial charge in [0.1, 0.15) is 18.3 Å². The summed E-state index contributed by atoms with van der Waals surface area (Å²) in [5.74, 6) is -0.511. The van der Waals surface area contributed by atoms with Gasteiger partial charge in [-0.25, -0.2) is 8.42 Å². The number of nitrogens with zero attached hydrogens (tertiary/aromatic N) is 2. The molecule has 0 radical (unpaired) electrons. The van der Waals surface area contributed by atoms with E-state index in [2.05, 4.69) is 5.32 Å². The molecule has 0 aliphatic carbocycles. The molecule has 2 atom stereocenters. The highest BCUT2D eigenvalue weighted by atomic mass is 35.5. The van der Waals surface area contributed by atoms with Gasteiger partial charge in [-0.15, -0.1) is 0 Å². The Labute approximate surface area is 252 Å². The van der Waals surface area contributed by atoms with Crippen molar-refractivity contribution in [1.82, 2.24) is 10.2 Å². The molecule has 1 N–H and O–H groups in total. The Morgan fingerprint density at radius 1 is 0.951 bits per heavy atom. The first-order valence-electron chi connectivity index (χ1n) is 13.3. The van der Waals surface area contributed by atoms with Crippen LogP contribution in [0.4, 0.5) is 5.69 Å². The predicted molar refractivity (Wildman–Crippen MR) is 163 cm³/mol. The average molecular weight is 621 g/mol. The van der Waals surface area contributed by atoms with Crippen LogP contribution in [0.2, 0.25) is 10.0 Å². The predicted octanol–water partition coefficient (Wildman–Crippen LogP) is 5.92. The van der Waals surface area contributed by atoms with E-state index >= 15 is 0 Å². The number of ether oxygens (including phenoxy) is 1. The van der Waals surface area contributed by atoms with Crippen LogP contribution in [0, 0.1) is 0 Å². The van der Waals surface area contributed by atoms with Crippen LogP contribution >= 0.6 is 23.2 Å². The fourth-order valence-corrected chi connectivity index (χ4v) is 6.01. The van der Waals surface area contributed by atoms with Gasteiger partial charge >= 0.3 is 0 Å². The highest BCUT2D eigenvalue weighted by Gasteiger charge is 2.34. The minimum atomic E-state index is -4.20. The van der Waals surface area contributed by atoms with Crippen LogP contribution in [0.3, 0.4) is 0 Å². The van der Waals surface area contributed by atoms with Gasteiger partial charge in [0.25, 0.3) is 10.0 Å². The van der Waals surface area contributed by atoms with Crippen LogP contribution in [0.5, 0.6) is 5.75 Å². The van der Waals surface area contributed by atoms with Crippen molar-refractivity contribution in [2.75, 3.05) is 18.0 Å². The number of carbonyl (C=O) groups is 2. The molecule has 11 heteroatoms. The maximum atomic E-state index is 14.1. The lowest BCUT2D eigenvalue weighted by atomic mass is 10.1. The first kappa shape index (κ1) is 32.2. The summed E-state index contributed by atoms with van der Waals surface area (Å²) in [6.07, 6.45) is 1.04. The van der Waals surface area contributed by atoms with Crippen molar-refractivity contribution >= 4 is 50.7 Å². The molecule has 0 aliphatic heterocycles. The number of rotatable bonds is 13. The van der Waals surface area contributed by atoms with E-state index in [4.69, 9.17) is 27.9 Å². The van der Waals surface area contributed by atoms with Gasteiger partial charge in [-0.05, 0) is 67.8 Å². The zero-order valence-electron chi connectivity index (χ0n) is 23.5. The molecule has 0 saturated heterocycles. The quantitative estimate of drug-likeness (QED) is 0.256. The third-order valence-corrected chi connectivity index (χ3v) is 9.02. The smallest absolute Gasteiger partial charge is 0.264 e. The monoisotopic (exact) mass is 619 g/mol. The Morgan fingerprint density at radius 3 is 2.17 bits per heavy atom. The number of sulfonamides is 1. The molecule has 41 heavy (non-hydrogen) atoms. The van der Waals surface area contributed by atoms with Gasteiger partial charge in [0.15, 0.2) is 0 Å². The van der Waals surface area contributed by atoms with Gasteiger partial charge in [-0.1, -0.05) is 67.4 Å². The molecule has 0 aromatic heterocycles. The Hall–Kier alpha value is -3.27. The molecular formula is C30H35Cl2N3O5S. The maximum absolute atomic E-state index is 14.1. The lowest BCUT2D eigenvalue weighted by molar-refractivity contribution is -0.140. The van der Waals surface area contributed by atoms with Gasteiger partial charge in [0, 0.05) is 17.6 Å². The zero-order chi connectivity index (χ0) is 30.2. The van der Waals surface area contributed by atoms with Crippen LogP contribution in [0.1, 0.15) is 39.2 Å². The van der Waals surface area contributed by atoms with Gasteiger partial charge in [-0.2, -0.15) is 0 Å². The van der Waals surface area contributed by atoms with Gasteiger partial charge < -0.3 is 15.0 Å². The van der Waals surface area contributed by atoms with Crippen LogP contribution in [-0.4, -0.2) is 50.9 Å². The second-order valence-electron chi connectivity index (χ2n) is 9.53. The first-order valence-corrected chi connectivity index (χ1v) is 15.5. The van der Waals surface area contributed by atoms with E-state index in [0.29, 0.717) is 23.6 Å². The average Bonchev–Trinajstić information content (AvgIpc) is 2.96. The van der Waals surface area contributed by atoms with Crippen LogP contribution in [0.25, 0.3) is 0 Å². The van der Waals surface area contributed by atoms with Crippen LogP contribution in [-0.2, 0) is 26.2 Å². The van der Waals surface area contributed by atoms with Gasteiger partial charge in [-0.3, -0.25) is 13.9 Å². The molecule has 0 spiro atoms. The summed E-state index contributed by atoms with van der Waals surface area (Å²) in [7, 11) is -2.75. The lowest BCUT2D eigenvalue weighted by Crippen LogP contribution is -2.53. The van der Waals surface area contributed by atoms with Crippen LogP contribution < -0.4 is 14.4 Å². The number of carbonyl (C=O) groups excluding carboxylic acids is 2. The number of halogens is 2. The molecule has 2 amide bonds. The van der Waals surface area contributed by atoms with Crippen molar-refractivity contribution in [3.63, 3.8) is 0 Å². The Kier molecular flexibility index (Phi) is 11.5. The van der Waals surface area contributed by atoms with Crippen molar-refractivity contribution in [3.8, 4) is 5.75 Å². The molecular weight excluding hydrogens is 585 g/mol. The molecule has 220 valence electrons. The highest BCUT2D eigenvalue weighted by molar-refractivity contribution is 7.92. The Morgan fingerprint density at radius 2 is 1.61 bits per heavy atom. The summed E-state index contributed by atoms with van der Waals surface area (Å²) in [5, 5.41) is 3.67. The molecule has 3 rings (SSSR count). The minimum absolute atomic E-state index is 0.00514. The fraction of sp³-hybridized carbons (Fsp3) is 0.333. The van der Waals surface area contributed by atoms with E-state index in [1.807, 2.05) is 20.8 Å². The second-order valence-corrected chi connectivity index (χ2v) is 12.2. The zero-order valence-corrected chi connectivity index (χ0v) is 25.8. The Balaban J connectivity index is 2.08. The molecule has 0 aliphatic rings. The molecule has 0 bridgehead atoms. The highest BCUT2D eigenvalue weighted by Crippen LogP contribution is 2.32. The molecule has 3 aromatic carbocycles.